The van der Waals surface area contributed by atoms with Crippen LogP contribution >= 0.6 is 0 Å². The van der Waals surface area contributed by atoms with Gasteiger partial charge in [-0.25, -0.2) is 8.78 Å². The number of carboxylic acid groups (broad SMARTS) is 1. The number of hydrogen-bond acceptors (Lipinski definition) is 2. The molecular weight excluding hydrogens is 276 g/mol. The van der Waals surface area contributed by atoms with Crippen LogP contribution < -0.4 is 5.32 Å². The van der Waals surface area contributed by atoms with Crippen molar-refractivity contribution in [3.63, 3.8) is 0 Å². The fourth-order valence-electron chi connectivity index (χ4n) is 1.97. The average molecular weight is 291 g/mol. The van der Waals surface area contributed by atoms with Crippen molar-refractivity contribution >= 4 is 5.97 Å². The highest BCUT2D eigenvalue weighted by atomic mass is 19.2. The van der Waals surface area contributed by atoms with Crippen molar-refractivity contribution in [1.82, 2.24) is 5.32 Å². The molecule has 21 heavy (non-hydrogen) atoms. The number of nitrogens with one attached hydrogen (secondary N) is 1. The fraction of sp³-hybridized carbons (Fsp3) is 0.188. The average Bonchev–Trinajstić information content (AvgIpc) is 2.44. The van der Waals surface area contributed by atoms with Crippen molar-refractivity contribution in [2.45, 2.75) is 19.5 Å². The van der Waals surface area contributed by atoms with Gasteiger partial charge in [-0.1, -0.05) is 35.9 Å². The van der Waals surface area contributed by atoms with Gasteiger partial charge in [0.05, 0.1) is 0 Å². The maximum absolute atomic E-state index is 13.2. The zero-order chi connectivity index (χ0) is 15.4. The molecule has 2 rings (SSSR count). The van der Waals surface area contributed by atoms with Crippen LogP contribution in [-0.4, -0.2) is 11.1 Å². The summed E-state index contributed by atoms with van der Waals surface area (Å²) in [6.45, 7) is 2.27. The van der Waals surface area contributed by atoms with Gasteiger partial charge in [0.25, 0.3) is 0 Å². The molecule has 1 atom stereocenters. The molecule has 2 aromatic carbocycles. The molecule has 0 aliphatic carbocycles. The van der Waals surface area contributed by atoms with E-state index in [1.165, 1.54) is 6.07 Å². The van der Waals surface area contributed by atoms with Gasteiger partial charge in [-0.3, -0.25) is 10.1 Å². The number of aliphatic carboxylic acids is 1. The van der Waals surface area contributed by atoms with Crippen molar-refractivity contribution in [2.75, 3.05) is 0 Å². The minimum absolute atomic E-state index is 0.175. The van der Waals surface area contributed by atoms with Gasteiger partial charge >= 0.3 is 5.97 Å². The lowest BCUT2D eigenvalue weighted by Crippen LogP contribution is -2.28. The largest absolute Gasteiger partial charge is 0.480 e. The highest BCUT2D eigenvalue weighted by Gasteiger charge is 2.20. The van der Waals surface area contributed by atoms with Crippen LogP contribution in [0.25, 0.3) is 0 Å². The Morgan fingerprint density at radius 2 is 1.81 bits per heavy atom. The van der Waals surface area contributed by atoms with Crippen molar-refractivity contribution in [2.24, 2.45) is 0 Å². The molecule has 0 saturated heterocycles. The van der Waals surface area contributed by atoms with Gasteiger partial charge in [0, 0.05) is 6.54 Å². The number of halogens is 2. The SMILES string of the molecule is Cc1ccc(CNC(C(=O)O)c2ccc(F)c(F)c2)cc1. The third-order valence-electron chi connectivity index (χ3n) is 3.15. The van der Waals surface area contributed by atoms with E-state index in [0.29, 0.717) is 6.54 Å². The molecule has 1 unspecified atom stereocenters. The second-order valence-electron chi connectivity index (χ2n) is 4.81. The fourth-order valence-corrected chi connectivity index (χ4v) is 1.97. The first-order chi connectivity index (χ1) is 9.97. The monoisotopic (exact) mass is 291 g/mol. The molecule has 0 spiro atoms. The summed E-state index contributed by atoms with van der Waals surface area (Å²) in [5.41, 5.74) is 2.19. The molecule has 5 heteroatoms. The number of rotatable bonds is 5. The smallest absolute Gasteiger partial charge is 0.325 e. The first-order valence-electron chi connectivity index (χ1n) is 6.44. The molecular formula is C16H15F2NO2. The molecule has 2 aromatic rings. The van der Waals surface area contributed by atoms with Crippen LogP contribution in [0.3, 0.4) is 0 Å². The first kappa shape index (κ1) is 15.1. The summed E-state index contributed by atoms with van der Waals surface area (Å²) in [6, 6.07) is 9.60. The van der Waals surface area contributed by atoms with Crippen molar-refractivity contribution in [1.29, 1.82) is 0 Å². The first-order valence-corrected chi connectivity index (χ1v) is 6.44. The summed E-state index contributed by atoms with van der Waals surface area (Å²) in [7, 11) is 0. The van der Waals surface area contributed by atoms with Crippen molar-refractivity contribution < 1.29 is 18.7 Å². The topological polar surface area (TPSA) is 49.3 Å². The van der Waals surface area contributed by atoms with Crippen LogP contribution in [0.15, 0.2) is 42.5 Å². The normalized spacial score (nSPS) is 12.1. The van der Waals surface area contributed by atoms with Crippen molar-refractivity contribution in [3.05, 3.63) is 70.8 Å². The Morgan fingerprint density at radius 3 is 2.38 bits per heavy atom. The van der Waals surface area contributed by atoms with Gasteiger partial charge in [0.1, 0.15) is 6.04 Å². The van der Waals surface area contributed by atoms with E-state index < -0.39 is 23.6 Å². The molecule has 0 radical (unpaired) electrons. The van der Waals surface area contributed by atoms with Gasteiger partial charge < -0.3 is 5.11 Å². The summed E-state index contributed by atoms with van der Waals surface area (Å²) in [5, 5.41) is 12.1. The highest BCUT2D eigenvalue weighted by molar-refractivity contribution is 5.75. The Balaban J connectivity index is 2.14. The number of aryl methyl sites for hydroxylation is 1. The van der Waals surface area contributed by atoms with E-state index in [0.717, 1.165) is 23.3 Å². The predicted molar refractivity (Wildman–Crippen MR) is 74.8 cm³/mol. The van der Waals surface area contributed by atoms with E-state index in [1.807, 2.05) is 31.2 Å². The van der Waals surface area contributed by atoms with Crippen LogP contribution in [0.5, 0.6) is 0 Å². The third kappa shape index (κ3) is 3.86. The highest BCUT2D eigenvalue weighted by Crippen LogP contribution is 2.17. The van der Waals surface area contributed by atoms with Gasteiger partial charge in [-0.05, 0) is 30.2 Å². The molecule has 0 aliphatic rings. The Bertz CT molecular complexity index is 641. The molecule has 0 saturated carbocycles. The van der Waals surface area contributed by atoms with Gasteiger partial charge in [0.15, 0.2) is 11.6 Å². The van der Waals surface area contributed by atoms with Crippen LogP contribution in [0.4, 0.5) is 8.78 Å². The van der Waals surface area contributed by atoms with Crippen LogP contribution in [-0.2, 0) is 11.3 Å². The van der Waals surface area contributed by atoms with E-state index in [4.69, 9.17) is 0 Å². The van der Waals surface area contributed by atoms with E-state index in [2.05, 4.69) is 5.32 Å². The van der Waals surface area contributed by atoms with E-state index in [-0.39, 0.29) is 5.56 Å². The van der Waals surface area contributed by atoms with Crippen LogP contribution in [0, 0.1) is 18.6 Å². The summed E-state index contributed by atoms with van der Waals surface area (Å²) in [4.78, 5) is 11.3. The quantitative estimate of drug-likeness (QED) is 0.889. The molecule has 0 aromatic heterocycles. The molecule has 0 heterocycles. The minimum Gasteiger partial charge on any atom is -0.480 e. The Labute approximate surface area is 121 Å². The molecule has 110 valence electrons. The van der Waals surface area contributed by atoms with Gasteiger partial charge in [-0.2, -0.15) is 0 Å². The molecule has 3 nitrogen and oxygen atoms in total. The summed E-state index contributed by atoms with van der Waals surface area (Å²) < 4.78 is 26.1. The van der Waals surface area contributed by atoms with E-state index in [1.54, 1.807) is 0 Å². The zero-order valence-corrected chi connectivity index (χ0v) is 11.4. The number of benzene rings is 2. The van der Waals surface area contributed by atoms with Crippen molar-refractivity contribution in [3.8, 4) is 0 Å². The van der Waals surface area contributed by atoms with Crippen LogP contribution in [0.2, 0.25) is 0 Å². The Morgan fingerprint density at radius 1 is 1.14 bits per heavy atom. The lowest BCUT2D eigenvalue weighted by atomic mass is 10.1. The Hall–Kier alpha value is -2.27. The standard InChI is InChI=1S/C16H15F2NO2/c1-10-2-4-11(5-3-10)9-19-15(16(20)21)12-6-7-13(17)14(18)8-12/h2-8,15,19H,9H2,1H3,(H,20,21). The second kappa shape index (κ2) is 6.45. The zero-order valence-electron chi connectivity index (χ0n) is 11.4. The van der Waals surface area contributed by atoms with Crippen LogP contribution in [0.1, 0.15) is 22.7 Å². The molecule has 0 amide bonds. The summed E-state index contributed by atoms with van der Waals surface area (Å²) in [6.07, 6.45) is 0. The molecule has 0 fully saturated rings. The molecule has 0 bridgehead atoms. The lowest BCUT2D eigenvalue weighted by Gasteiger charge is -2.15. The number of carbonyl (C=O) groups is 1. The molecule has 2 N–H and O–H groups in total. The predicted octanol–water partition coefficient (Wildman–Crippen LogP) is 3.19. The van der Waals surface area contributed by atoms with Gasteiger partial charge in [0.2, 0.25) is 0 Å². The minimum atomic E-state index is -1.15. The molecule has 0 aliphatic heterocycles. The second-order valence-corrected chi connectivity index (χ2v) is 4.81. The van der Waals surface area contributed by atoms with E-state index in [9.17, 15) is 18.7 Å². The van der Waals surface area contributed by atoms with E-state index >= 15 is 0 Å². The summed E-state index contributed by atoms with van der Waals surface area (Å²) >= 11 is 0. The lowest BCUT2D eigenvalue weighted by molar-refractivity contribution is -0.139. The third-order valence-corrected chi connectivity index (χ3v) is 3.15. The number of hydrogen-bond donors (Lipinski definition) is 2. The summed E-state index contributed by atoms with van der Waals surface area (Å²) in [5.74, 6) is -3.20. The van der Waals surface area contributed by atoms with Gasteiger partial charge in [-0.15, -0.1) is 0 Å². The maximum Gasteiger partial charge on any atom is 0.325 e. The number of carboxylic acids is 1. The Kier molecular flexibility index (Phi) is 4.65. The maximum atomic E-state index is 13.2.